The molecule has 1 fully saturated rings. The lowest BCUT2D eigenvalue weighted by atomic mass is 9.86. The fourth-order valence-corrected chi connectivity index (χ4v) is 6.48. The zero-order valence-corrected chi connectivity index (χ0v) is 27.1. The molecule has 0 spiro atoms. The van der Waals surface area contributed by atoms with Gasteiger partial charge < -0.3 is 15.0 Å². The smallest absolute Gasteiger partial charge is 0.328 e. The first-order valence-electron chi connectivity index (χ1n) is 15.3. The largest absolute Gasteiger partial charge is 0.480 e. The van der Waals surface area contributed by atoms with Crippen LogP contribution in [0.1, 0.15) is 42.1 Å². The van der Waals surface area contributed by atoms with Crippen LogP contribution >= 0.6 is 11.8 Å². The van der Waals surface area contributed by atoms with Gasteiger partial charge in [-0.3, -0.25) is 19.4 Å². The lowest BCUT2D eigenvalue weighted by molar-refractivity contribution is -0.142. The molecule has 0 saturated carbocycles. The SMILES string of the molecule is CSCCC(NC(=O)CN1C(=O)N(CCCc2cncn2Cc2ccc(C#N)cc2)C(=O)C1(C)c1cccc2ccccc12)C(=O)O. The molecule has 1 aromatic heterocycles. The average molecular weight is 653 g/mol. The molecule has 4 aromatic rings. The van der Waals surface area contributed by atoms with Gasteiger partial charge in [-0.2, -0.15) is 17.0 Å². The number of imidazole rings is 1. The summed E-state index contributed by atoms with van der Waals surface area (Å²) < 4.78 is 1.99. The highest BCUT2D eigenvalue weighted by Crippen LogP contribution is 2.40. The average Bonchev–Trinajstić information content (AvgIpc) is 3.59. The number of thioether (sulfide) groups is 1. The molecule has 2 atom stereocenters. The number of carboxylic acids is 1. The predicted octanol–water partition coefficient (Wildman–Crippen LogP) is 4.39. The van der Waals surface area contributed by atoms with Gasteiger partial charge in [0.15, 0.2) is 0 Å². The summed E-state index contributed by atoms with van der Waals surface area (Å²) in [4.78, 5) is 60.2. The molecule has 242 valence electrons. The monoisotopic (exact) mass is 652 g/mol. The number of urea groups is 1. The summed E-state index contributed by atoms with van der Waals surface area (Å²) in [6, 6.07) is 20.8. The summed E-state index contributed by atoms with van der Waals surface area (Å²) in [7, 11) is 0. The number of carbonyl (C=O) groups is 4. The lowest BCUT2D eigenvalue weighted by Crippen LogP contribution is -2.51. The first-order valence-corrected chi connectivity index (χ1v) is 16.7. The maximum Gasteiger partial charge on any atom is 0.328 e. The van der Waals surface area contributed by atoms with Gasteiger partial charge in [-0.05, 0) is 72.2 Å². The van der Waals surface area contributed by atoms with E-state index in [9.17, 15) is 24.3 Å². The van der Waals surface area contributed by atoms with Crippen molar-refractivity contribution in [3.63, 3.8) is 0 Å². The van der Waals surface area contributed by atoms with Gasteiger partial charge in [-0.25, -0.2) is 14.6 Å². The number of aromatic nitrogens is 2. The summed E-state index contributed by atoms with van der Waals surface area (Å²) in [5, 5.41) is 22.9. The molecule has 1 aliphatic heterocycles. The van der Waals surface area contributed by atoms with Gasteiger partial charge in [0.05, 0.1) is 18.0 Å². The Labute approximate surface area is 277 Å². The minimum absolute atomic E-state index is 0.115. The van der Waals surface area contributed by atoms with Gasteiger partial charge in [0, 0.05) is 25.0 Å². The Morgan fingerprint density at radius 1 is 1.09 bits per heavy atom. The van der Waals surface area contributed by atoms with Crippen molar-refractivity contribution in [2.24, 2.45) is 0 Å². The molecule has 12 heteroatoms. The van der Waals surface area contributed by atoms with Crippen LogP contribution in [0.25, 0.3) is 10.8 Å². The van der Waals surface area contributed by atoms with E-state index in [1.807, 2.05) is 59.4 Å². The topological polar surface area (TPSA) is 149 Å². The molecule has 2 N–H and O–H groups in total. The highest BCUT2D eigenvalue weighted by atomic mass is 32.2. The molecule has 0 bridgehead atoms. The fraction of sp³-hybridized carbons (Fsp3) is 0.314. The van der Waals surface area contributed by atoms with E-state index in [2.05, 4.69) is 16.4 Å². The Morgan fingerprint density at radius 2 is 1.83 bits per heavy atom. The standard InChI is InChI=1S/C35H36N6O5S/c1-35(29-11-5-8-26-7-3-4-10-28(26)29)33(45)40(34(46)41(35)22-31(42)38-30(32(43)44)16-18-47-2)17-6-9-27-20-37-23-39(27)21-25-14-12-24(19-36)13-15-25/h3-5,7-8,10-15,20,23,30H,6,9,16-18,21-22H2,1-2H3,(H,38,42)(H,43,44). The Bertz CT molecular complexity index is 1830. The maximum absolute atomic E-state index is 14.3. The third-order valence-corrected chi connectivity index (χ3v) is 9.22. The van der Waals surface area contributed by atoms with Crippen molar-refractivity contribution >= 4 is 46.3 Å². The Kier molecular flexibility index (Phi) is 10.3. The van der Waals surface area contributed by atoms with Gasteiger partial charge >= 0.3 is 12.0 Å². The van der Waals surface area contributed by atoms with E-state index in [0.29, 0.717) is 36.3 Å². The van der Waals surface area contributed by atoms with Crippen molar-refractivity contribution < 1.29 is 24.3 Å². The van der Waals surface area contributed by atoms with E-state index in [4.69, 9.17) is 5.26 Å². The molecule has 0 radical (unpaired) electrons. The second kappa shape index (κ2) is 14.5. The first kappa shape index (κ1) is 33.2. The number of nitriles is 1. The number of fused-ring (bicyclic) bond motifs is 1. The number of rotatable bonds is 14. The molecule has 5 rings (SSSR count). The number of nitrogens with zero attached hydrogens (tertiary/aromatic N) is 5. The molecule has 2 heterocycles. The number of hydrogen-bond acceptors (Lipinski definition) is 7. The van der Waals surface area contributed by atoms with E-state index in [1.165, 1.54) is 21.6 Å². The number of aliphatic carboxylic acids is 1. The highest BCUT2D eigenvalue weighted by Gasteiger charge is 2.56. The molecule has 4 amide bonds. The molecular weight excluding hydrogens is 616 g/mol. The summed E-state index contributed by atoms with van der Waals surface area (Å²) in [6.45, 7) is 1.83. The lowest BCUT2D eigenvalue weighted by Gasteiger charge is -2.33. The van der Waals surface area contributed by atoms with Crippen LogP contribution in [0.4, 0.5) is 4.79 Å². The number of hydrogen-bond donors (Lipinski definition) is 2. The fourth-order valence-electron chi connectivity index (χ4n) is 6.01. The molecular formula is C35H36N6O5S. The molecule has 11 nitrogen and oxygen atoms in total. The number of aryl methyl sites for hydroxylation is 1. The van der Waals surface area contributed by atoms with Crippen LogP contribution in [-0.2, 0) is 32.9 Å². The minimum Gasteiger partial charge on any atom is -0.480 e. The second-order valence-corrected chi connectivity index (χ2v) is 12.6. The Balaban J connectivity index is 1.37. The number of benzene rings is 3. The predicted molar refractivity (Wildman–Crippen MR) is 178 cm³/mol. The van der Waals surface area contributed by atoms with Crippen molar-refractivity contribution in [1.29, 1.82) is 5.26 Å². The van der Waals surface area contributed by atoms with E-state index >= 15 is 0 Å². The van der Waals surface area contributed by atoms with Gasteiger partial charge in [0.2, 0.25) is 5.91 Å². The van der Waals surface area contributed by atoms with E-state index in [-0.39, 0.29) is 13.0 Å². The van der Waals surface area contributed by atoms with Crippen LogP contribution in [0, 0.1) is 11.3 Å². The zero-order chi connectivity index (χ0) is 33.6. The number of imide groups is 1. The van der Waals surface area contributed by atoms with Crippen molar-refractivity contribution in [2.45, 2.75) is 44.3 Å². The number of nitrogens with one attached hydrogen (secondary N) is 1. The number of carboxylic acid groups (broad SMARTS) is 1. The minimum atomic E-state index is -1.51. The van der Waals surface area contributed by atoms with Crippen molar-refractivity contribution in [2.75, 3.05) is 25.1 Å². The van der Waals surface area contributed by atoms with Crippen molar-refractivity contribution in [3.05, 3.63) is 102 Å². The summed E-state index contributed by atoms with van der Waals surface area (Å²) in [5.41, 5.74) is 1.59. The van der Waals surface area contributed by atoms with E-state index < -0.39 is 41.9 Å². The maximum atomic E-state index is 14.3. The third kappa shape index (κ3) is 7.00. The van der Waals surface area contributed by atoms with Gasteiger partial charge in [-0.15, -0.1) is 0 Å². The molecule has 1 aliphatic rings. The van der Waals surface area contributed by atoms with Crippen LogP contribution in [-0.4, -0.2) is 79.4 Å². The van der Waals surface area contributed by atoms with Crippen molar-refractivity contribution in [3.8, 4) is 6.07 Å². The van der Waals surface area contributed by atoms with E-state index in [1.54, 1.807) is 37.6 Å². The van der Waals surface area contributed by atoms with Crippen LogP contribution in [0.3, 0.4) is 0 Å². The van der Waals surface area contributed by atoms with Crippen LogP contribution in [0.5, 0.6) is 0 Å². The molecule has 0 aliphatic carbocycles. The van der Waals surface area contributed by atoms with Gasteiger partial charge in [0.25, 0.3) is 5.91 Å². The molecule has 47 heavy (non-hydrogen) atoms. The number of amides is 4. The van der Waals surface area contributed by atoms with E-state index in [0.717, 1.165) is 22.0 Å². The molecule has 2 unspecified atom stereocenters. The Hall–Kier alpha value is -5.15. The van der Waals surface area contributed by atoms with Gasteiger partial charge in [0.1, 0.15) is 18.1 Å². The quantitative estimate of drug-likeness (QED) is 0.191. The van der Waals surface area contributed by atoms with Crippen LogP contribution < -0.4 is 5.32 Å². The van der Waals surface area contributed by atoms with Crippen LogP contribution in [0.2, 0.25) is 0 Å². The summed E-state index contributed by atoms with van der Waals surface area (Å²) in [6.07, 6.45) is 6.55. The summed E-state index contributed by atoms with van der Waals surface area (Å²) in [5.74, 6) is -1.73. The molecule has 1 saturated heterocycles. The first-order chi connectivity index (χ1) is 22.7. The Morgan fingerprint density at radius 3 is 2.55 bits per heavy atom. The number of carbonyl (C=O) groups excluding carboxylic acids is 3. The van der Waals surface area contributed by atoms with Crippen molar-refractivity contribution in [1.82, 2.24) is 24.7 Å². The normalized spacial score (nSPS) is 16.8. The van der Waals surface area contributed by atoms with Gasteiger partial charge in [-0.1, -0.05) is 54.6 Å². The second-order valence-electron chi connectivity index (χ2n) is 11.6. The molecule has 3 aromatic carbocycles. The third-order valence-electron chi connectivity index (χ3n) is 8.57. The summed E-state index contributed by atoms with van der Waals surface area (Å²) >= 11 is 1.47. The van der Waals surface area contributed by atoms with Crippen LogP contribution in [0.15, 0.2) is 79.3 Å². The zero-order valence-electron chi connectivity index (χ0n) is 26.3. The highest BCUT2D eigenvalue weighted by molar-refractivity contribution is 7.98.